The molecule has 0 aliphatic heterocycles. The Hall–Kier alpha value is -1.72. The van der Waals surface area contributed by atoms with Crippen molar-refractivity contribution in [2.75, 3.05) is 5.32 Å². The molecule has 3 rings (SSSR count). The zero-order valence-electron chi connectivity index (χ0n) is 9.45. The molecule has 0 spiro atoms. The molecule has 0 aliphatic carbocycles. The third-order valence-electron chi connectivity index (χ3n) is 2.46. The van der Waals surface area contributed by atoms with Crippen molar-refractivity contribution in [3.8, 4) is 0 Å². The number of thiazole rings is 1. The molecule has 0 saturated carbocycles. The number of aromatic nitrogens is 1. The highest BCUT2D eigenvalue weighted by molar-refractivity contribution is 7.22. The Kier molecular flexibility index (Phi) is 3.08. The molecule has 0 radical (unpaired) electrons. The number of halogens is 3. The van der Waals surface area contributed by atoms with Crippen LogP contribution in [0.5, 0.6) is 0 Å². The lowest BCUT2D eigenvalue weighted by molar-refractivity contribution is 0.584. The SMILES string of the molecule is Fc1cc(F)cc(Nc2nc3ccc(Cl)cc3s2)c1. The molecule has 2 nitrogen and oxygen atoms in total. The maximum Gasteiger partial charge on any atom is 0.188 e. The molecule has 0 saturated heterocycles. The van der Waals surface area contributed by atoms with Crippen LogP contribution in [-0.2, 0) is 0 Å². The first-order valence-electron chi connectivity index (χ1n) is 5.39. The fourth-order valence-electron chi connectivity index (χ4n) is 1.70. The molecule has 0 atom stereocenters. The number of nitrogens with zero attached hydrogens (tertiary/aromatic N) is 1. The molecular formula is C13H7ClF2N2S. The van der Waals surface area contributed by atoms with E-state index in [0.29, 0.717) is 15.8 Å². The predicted octanol–water partition coefficient (Wildman–Crippen LogP) is 4.97. The van der Waals surface area contributed by atoms with Crippen LogP contribution in [0.2, 0.25) is 5.02 Å². The fraction of sp³-hybridized carbons (Fsp3) is 0. The monoisotopic (exact) mass is 296 g/mol. The molecular weight excluding hydrogens is 290 g/mol. The van der Waals surface area contributed by atoms with Gasteiger partial charge in [-0.1, -0.05) is 22.9 Å². The van der Waals surface area contributed by atoms with Gasteiger partial charge in [0.2, 0.25) is 0 Å². The molecule has 3 aromatic rings. The van der Waals surface area contributed by atoms with Gasteiger partial charge in [-0.25, -0.2) is 13.8 Å². The lowest BCUT2D eigenvalue weighted by Crippen LogP contribution is -1.91. The zero-order chi connectivity index (χ0) is 13.4. The largest absolute Gasteiger partial charge is 0.331 e. The Balaban J connectivity index is 1.96. The van der Waals surface area contributed by atoms with Crippen LogP contribution in [-0.4, -0.2) is 4.98 Å². The maximum absolute atomic E-state index is 13.1. The first kappa shape index (κ1) is 12.3. The molecule has 0 amide bonds. The average Bonchev–Trinajstić information content (AvgIpc) is 2.68. The van der Waals surface area contributed by atoms with E-state index >= 15 is 0 Å². The summed E-state index contributed by atoms with van der Waals surface area (Å²) in [6.07, 6.45) is 0. The molecule has 2 aromatic carbocycles. The molecule has 1 aromatic heterocycles. The topological polar surface area (TPSA) is 24.9 Å². The van der Waals surface area contributed by atoms with E-state index in [2.05, 4.69) is 10.3 Å². The standard InChI is InChI=1S/C13H7ClF2N2S/c14-7-1-2-11-12(3-7)19-13(18-11)17-10-5-8(15)4-9(16)6-10/h1-6H,(H,17,18). The highest BCUT2D eigenvalue weighted by Gasteiger charge is 2.06. The number of nitrogens with one attached hydrogen (secondary N) is 1. The van der Waals surface area contributed by atoms with Gasteiger partial charge in [0.15, 0.2) is 5.13 Å². The first-order chi connectivity index (χ1) is 9.10. The van der Waals surface area contributed by atoms with E-state index in [0.717, 1.165) is 16.3 Å². The molecule has 1 heterocycles. The highest BCUT2D eigenvalue weighted by atomic mass is 35.5. The van der Waals surface area contributed by atoms with E-state index in [9.17, 15) is 8.78 Å². The Labute approximate surface area is 116 Å². The molecule has 0 aliphatic rings. The summed E-state index contributed by atoms with van der Waals surface area (Å²) >= 11 is 7.26. The summed E-state index contributed by atoms with van der Waals surface area (Å²) in [7, 11) is 0. The van der Waals surface area contributed by atoms with Gasteiger partial charge in [-0.15, -0.1) is 0 Å². The van der Waals surface area contributed by atoms with E-state index in [1.807, 2.05) is 0 Å². The summed E-state index contributed by atoms with van der Waals surface area (Å²) in [6.45, 7) is 0. The van der Waals surface area contributed by atoms with Crippen LogP contribution in [0.15, 0.2) is 36.4 Å². The van der Waals surface area contributed by atoms with Crippen LogP contribution in [0.3, 0.4) is 0 Å². The summed E-state index contributed by atoms with van der Waals surface area (Å²) in [5.74, 6) is -1.27. The Morgan fingerprint density at radius 1 is 1.05 bits per heavy atom. The fourth-order valence-corrected chi connectivity index (χ4v) is 2.86. The average molecular weight is 297 g/mol. The molecule has 0 unspecified atom stereocenters. The predicted molar refractivity (Wildman–Crippen MR) is 74.3 cm³/mol. The Morgan fingerprint density at radius 3 is 2.53 bits per heavy atom. The van der Waals surface area contributed by atoms with E-state index < -0.39 is 11.6 Å². The molecule has 19 heavy (non-hydrogen) atoms. The summed E-state index contributed by atoms with van der Waals surface area (Å²) < 4.78 is 27.1. The summed E-state index contributed by atoms with van der Waals surface area (Å²) in [4.78, 5) is 4.31. The van der Waals surface area contributed by atoms with Crippen LogP contribution < -0.4 is 5.32 Å². The minimum atomic E-state index is -0.633. The van der Waals surface area contributed by atoms with E-state index in [-0.39, 0.29) is 0 Å². The van der Waals surface area contributed by atoms with Crippen LogP contribution in [0.4, 0.5) is 19.6 Å². The van der Waals surface area contributed by atoms with Crippen molar-refractivity contribution in [2.24, 2.45) is 0 Å². The van der Waals surface area contributed by atoms with Gasteiger partial charge in [0.1, 0.15) is 11.6 Å². The van der Waals surface area contributed by atoms with Crippen molar-refractivity contribution < 1.29 is 8.78 Å². The van der Waals surface area contributed by atoms with Crippen molar-refractivity contribution >= 4 is 44.0 Å². The lowest BCUT2D eigenvalue weighted by Gasteiger charge is -2.02. The van der Waals surface area contributed by atoms with Crippen molar-refractivity contribution in [2.45, 2.75) is 0 Å². The third-order valence-corrected chi connectivity index (χ3v) is 3.63. The maximum atomic E-state index is 13.1. The smallest absolute Gasteiger partial charge is 0.188 e. The molecule has 0 bridgehead atoms. The van der Waals surface area contributed by atoms with E-state index in [1.165, 1.54) is 23.5 Å². The van der Waals surface area contributed by atoms with Crippen molar-refractivity contribution in [1.29, 1.82) is 0 Å². The Morgan fingerprint density at radius 2 is 1.79 bits per heavy atom. The normalized spacial score (nSPS) is 10.9. The quantitative estimate of drug-likeness (QED) is 0.722. The number of anilines is 2. The van der Waals surface area contributed by atoms with Crippen LogP contribution in [0, 0.1) is 11.6 Å². The second-order valence-electron chi connectivity index (χ2n) is 3.91. The van der Waals surface area contributed by atoms with Crippen LogP contribution in [0.1, 0.15) is 0 Å². The van der Waals surface area contributed by atoms with Crippen molar-refractivity contribution in [1.82, 2.24) is 4.98 Å². The Bertz CT molecular complexity index is 737. The van der Waals surface area contributed by atoms with Crippen molar-refractivity contribution in [3.05, 3.63) is 53.1 Å². The second-order valence-corrected chi connectivity index (χ2v) is 5.38. The molecule has 6 heteroatoms. The summed E-state index contributed by atoms with van der Waals surface area (Å²) in [5.41, 5.74) is 1.11. The summed E-state index contributed by atoms with van der Waals surface area (Å²) in [6, 6.07) is 8.58. The minimum absolute atomic E-state index is 0.322. The molecule has 1 N–H and O–H groups in total. The van der Waals surface area contributed by atoms with Gasteiger partial charge in [-0.2, -0.15) is 0 Å². The molecule has 96 valence electrons. The van der Waals surface area contributed by atoms with E-state index in [4.69, 9.17) is 11.6 Å². The van der Waals surface area contributed by atoms with Gasteiger partial charge in [0, 0.05) is 16.8 Å². The van der Waals surface area contributed by atoms with E-state index in [1.54, 1.807) is 18.2 Å². The number of fused-ring (bicyclic) bond motifs is 1. The second kappa shape index (κ2) is 4.75. The number of hydrogen-bond donors (Lipinski definition) is 1. The first-order valence-corrected chi connectivity index (χ1v) is 6.59. The van der Waals surface area contributed by atoms with Gasteiger partial charge in [0.05, 0.1) is 10.2 Å². The number of benzene rings is 2. The van der Waals surface area contributed by atoms with Crippen LogP contribution in [0.25, 0.3) is 10.2 Å². The van der Waals surface area contributed by atoms with Crippen LogP contribution >= 0.6 is 22.9 Å². The number of rotatable bonds is 2. The van der Waals surface area contributed by atoms with Gasteiger partial charge >= 0.3 is 0 Å². The summed E-state index contributed by atoms with van der Waals surface area (Å²) in [5, 5.41) is 4.06. The van der Waals surface area contributed by atoms with Gasteiger partial charge in [-0.3, -0.25) is 0 Å². The lowest BCUT2D eigenvalue weighted by atomic mass is 10.3. The highest BCUT2D eigenvalue weighted by Crippen LogP contribution is 2.30. The number of hydrogen-bond acceptors (Lipinski definition) is 3. The zero-order valence-corrected chi connectivity index (χ0v) is 11.0. The van der Waals surface area contributed by atoms with Crippen molar-refractivity contribution in [3.63, 3.8) is 0 Å². The van der Waals surface area contributed by atoms with Gasteiger partial charge in [0.25, 0.3) is 0 Å². The third kappa shape index (κ3) is 2.67. The van der Waals surface area contributed by atoms with Gasteiger partial charge < -0.3 is 5.32 Å². The minimum Gasteiger partial charge on any atom is -0.331 e. The molecule has 0 fully saturated rings. The van der Waals surface area contributed by atoms with Gasteiger partial charge in [-0.05, 0) is 30.3 Å².